The van der Waals surface area contributed by atoms with Crippen molar-refractivity contribution in [3.63, 3.8) is 0 Å². The molecule has 0 aliphatic heterocycles. The molecule has 0 spiro atoms. The highest BCUT2D eigenvalue weighted by Crippen LogP contribution is 2.26. The number of aliphatic hydroxyl groups is 1. The van der Waals surface area contributed by atoms with Crippen LogP contribution in [0, 0.1) is 10.1 Å². The van der Waals surface area contributed by atoms with Crippen molar-refractivity contribution in [3.8, 4) is 0 Å². The minimum absolute atomic E-state index is 0.0514. The van der Waals surface area contributed by atoms with Crippen molar-refractivity contribution in [1.82, 2.24) is 0 Å². The highest BCUT2D eigenvalue weighted by Gasteiger charge is 2.33. The van der Waals surface area contributed by atoms with Gasteiger partial charge in [0.25, 0.3) is 5.69 Å². The molecule has 0 heterocycles. The fraction of sp³-hybridized carbons (Fsp3) is 0.364. The molecule has 0 amide bonds. The van der Waals surface area contributed by atoms with Gasteiger partial charge in [-0.3, -0.25) is 10.1 Å². The van der Waals surface area contributed by atoms with E-state index >= 15 is 0 Å². The minimum Gasteiger partial charge on any atom is -0.462 e. The Hall–Kier alpha value is -1.99. The normalized spacial score (nSPS) is 13.7. The van der Waals surface area contributed by atoms with Gasteiger partial charge in [-0.15, -0.1) is 0 Å². The molecule has 0 radical (unpaired) electrons. The molecule has 0 aliphatic carbocycles. The lowest BCUT2D eigenvalue weighted by Gasteiger charge is -2.14. The second-order valence-electron chi connectivity index (χ2n) is 3.62. The standard InChI is InChI=1S/C11H14N2O5/c1-2-18-11(15)9(12)10(14)7-5-3-4-6-8(7)13(16)17/h3-6,9-10,14H,2,12H2,1H3/p+1/t9-,10+/m1/s1. The third kappa shape index (κ3) is 3.02. The van der Waals surface area contributed by atoms with Crippen LogP contribution in [0.3, 0.4) is 0 Å². The van der Waals surface area contributed by atoms with Crippen molar-refractivity contribution >= 4 is 11.7 Å². The number of aliphatic hydroxyl groups excluding tert-OH is 1. The number of benzene rings is 1. The van der Waals surface area contributed by atoms with Gasteiger partial charge in [0.05, 0.1) is 17.1 Å². The molecule has 4 N–H and O–H groups in total. The SMILES string of the molecule is CCOC(=O)[C@H]([NH3+])[C@@H](O)c1ccccc1[N+](=O)[O-]. The average Bonchev–Trinajstić information content (AvgIpc) is 2.37. The van der Waals surface area contributed by atoms with E-state index in [1.54, 1.807) is 13.0 Å². The van der Waals surface area contributed by atoms with Gasteiger partial charge in [0.15, 0.2) is 0 Å². The van der Waals surface area contributed by atoms with Crippen molar-refractivity contribution in [2.75, 3.05) is 6.61 Å². The Morgan fingerprint density at radius 2 is 2.17 bits per heavy atom. The van der Waals surface area contributed by atoms with E-state index < -0.39 is 23.0 Å². The van der Waals surface area contributed by atoms with Crippen molar-refractivity contribution < 1.29 is 25.3 Å². The Bertz CT molecular complexity index is 449. The summed E-state index contributed by atoms with van der Waals surface area (Å²) in [6.45, 7) is 1.79. The number of para-hydroxylation sites is 1. The smallest absolute Gasteiger partial charge is 0.367 e. The van der Waals surface area contributed by atoms with Crippen molar-refractivity contribution in [3.05, 3.63) is 39.9 Å². The van der Waals surface area contributed by atoms with Gasteiger partial charge in [-0.05, 0) is 13.0 Å². The number of nitro groups is 1. The van der Waals surface area contributed by atoms with Crippen LogP contribution in [0.4, 0.5) is 5.69 Å². The molecule has 0 aromatic heterocycles. The summed E-state index contributed by atoms with van der Waals surface area (Å²) >= 11 is 0. The van der Waals surface area contributed by atoms with Gasteiger partial charge in [0, 0.05) is 6.07 Å². The summed E-state index contributed by atoms with van der Waals surface area (Å²) in [5, 5.41) is 20.8. The van der Waals surface area contributed by atoms with Crippen molar-refractivity contribution in [1.29, 1.82) is 0 Å². The number of hydrogen-bond donors (Lipinski definition) is 2. The molecule has 0 saturated carbocycles. The highest BCUT2D eigenvalue weighted by atomic mass is 16.6. The molecule has 0 saturated heterocycles. The summed E-state index contributed by atoms with van der Waals surface area (Å²) in [4.78, 5) is 21.6. The summed E-state index contributed by atoms with van der Waals surface area (Å²) in [6, 6.07) is 4.57. The summed E-state index contributed by atoms with van der Waals surface area (Å²) < 4.78 is 4.72. The van der Waals surface area contributed by atoms with Gasteiger partial charge in [-0.2, -0.15) is 0 Å². The lowest BCUT2D eigenvalue weighted by molar-refractivity contribution is -0.428. The molecule has 0 unspecified atom stereocenters. The Kier molecular flexibility index (Phi) is 4.75. The highest BCUT2D eigenvalue weighted by molar-refractivity contribution is 5.75. The van der Waals surface area contributed by atoms with E-state index in [1.807, 2.05) is 0 Å². The zero-order chi connectivity index (χ0) is 13.7. The van der Waals surface area contributed by atoms with Gasteiger partial charge >= 0.3 is 5.97 Å². The predicted molar refractivity (Wildman–Crippen MR) is 61.4 cm³/mol. The van der Waals surface area contributed by atoms with E-state index in [9.17, 15) is 20.0 Å². The van der Waals surface area contributed by atoms with Gasteiger partial charge in [-0.1, -0.05) is 12.1 Å². The monoisotopic (exact) mass is 255 g/mol. The lowest BCUT2D eigenvalue weighted by atomic mass is 10.0. The molecule has 1 aromatic rings. The number of esters is 1. The maximum absolute atomic E-state index is 11.4. The molecular formula is C11H15N2O5+. The molecule has 98 valence electrons. The molecule has 0 bridgehead atoms. The molecule has 1 rings (SSSR count). The first-order valence-corrected chi connectivity index (χ1v) is 5.40. The first-order valence-electron chi connectivity index (χ1n) is 5.40. The Balaban J connectivity index is 2.99. The number of hydrogen-bond acceptors (Lipinski definition) is 5. The zero-order valence-corrected chi connectivity index (χ0v) is 9.91. The van der Waals surface area contributed by atoms with Gasteiger partial charge in [0.2, 0.25) is 6.04 Å². The molecular weight excluding hydrogens is 240 g/mol. The molecule has 18 heavy (non-hydrogen) atoms. The van der Waals surface area contributed by atoms with E-state index in [0.29, 0.717) is 0 Å². The van der Waals surface area contributed by atoms with E-state index in [0.717, 1.165) is 0 Å². The number of nitrogens with zero attached hydrogens (tertiary/aromatic N) is 1. The number of quaternary nitrogens is 1. The summed E-state index contributed by atoms with van der Waals surface area (Å²) in [5.74, 6) is -0.692. The van der Waals surface area contributed by atoms with Crippen LogP contribution in [0.5, 0.6) is 0 Å². The maximum atomic E-state index is 11.4. The third-order valence-corrected chi connectivity index (χ3v) is 2.42. The third-order valence-electron chi connectivity index (χ3n) is 2.42. The van der Waals surface area contributed by atoms with Crippen molar-refractivity contribution in [2.24, 2.45) is 0 Å². The predicted octanol–water partition coefficient (Wildman–Crippen LogP) is -0.198. The second kappa shape index (κ2) is 6.08. The Labute approximate surface area is 103 Å². The molecule has 7 nitrogen and oxygen atoms in total. The molecule has 2 atom stereocenters. The van der Waals surface area contributed by atoms with Gasteiger partial charge < -0.3 is 15.6 Å². The number of carbonyl (C=O) groups is 1. The zero-order valence-electron chi connectivity index (χ0n) is 9.91. The molecule has 0 aliphatic rings. The topological polar surface area (TPSA) is 117 Å². The van der Waals surface area contributed by atoms with E-state index in [-0.39, 0.29) is 17.9 Å². The largest absolute Gasteiger partial charge is 0.462 e. The van der Waals surface area contributed by atoms with Crippen LogP contribution in [0.1, 0.15) is 18.6 Å². The van der Waals surface area contributed by atoms with Gasteiger partial charge in [-0.25, -0.2) is 4.79 Å². The minimum atomic E-state index is -1.37. The maximum Gasteiger partial charge on any atom is 0.367 e. The Morgan fingerprint density at radius 1 is 1.56 bits per heavy atom. The lowest BCUT2D eigenvalue weighted by Crippen LogP contribution is -2.68. The van der Waals surface area contributed by atoms with Crippen LogP contribution in [0.25, 0.3) is 0 Å². The van der Waals surface area contributed by atoms with E-state index in [1.165, 1.54) is 18.2 Å². The summed E-state index contributed by atoms with van der Waals surface area (Å²) in [6.07, 6.45) is -1.37. The number of ether oxygens (including phenoxy) is 1. The van der Waals surface area contributed by atoms with Crippen LogP contribution in [-0.2, 0) is 9.53 Å². The summed E-state index contributed by atoms with van der Waals surface area (Å²) in [7, 11) is 0. The first-order chi connectivity index (χ1) is 8.49. The fourth-order valence-electron chi connectivity index (χ4n) is 1.50. The summed E-state index contributed by atoms with van der Waals surface area (Å²) in [5.41, 5.74) is 3.29. The van der Waals surface area contributed by atoms with Crippen LogP contribution >= 0.6 is 0 Å². The van der Waals surface area contributed by atoms with Crippen LogP contribution < -0.4 is 5.73 Å². The van der Waals surface area contributed by atoms with E-state index in [4.69, 9.17) is 4.74 Å². The van der Waals surface area contributed by atoms with E-state index in [2.05, 4.69) is 5.73 Å². The average molecular weight is 255 g/mol. The molecule has 0 fully saturated rings. The number of nitro benzene ring substituents is 1. The molecule has 7 heteroatoms. The van der Waals surface area contributed by atoms with Crippen LogP contribution in [0.2, 0.25) is 0 Å². The van der Waals surface area contributed by atoms with Crippen molar-refractivity contribution in [2.45, 2.75) is 19.1 Å². The second-order valence-corrected chi connectivity index (χ2v) is 3.62. The number of rotatable bonds is 5. The first kappa shape index (κ1) is 14.1. The molecule has 1 aromatic carbocycles. The Morgan fingerprint density at radius 3 is 2.72 bits per heavy atom. The van der Waals surface area contributed by atoms with Gasteiger partial charge in [0.1, 0.15) is 6.10 Å². The fourth-order valence-corrected chi connectivity index (χ4v) is 1.50. The number of carbonyl (C=O) groups excluding carboxylic acids is 1. The van der Waals surface area contributed by atoms with Crippen LogP contribution in [-0.4, -0.2) is 28.6 Å². The quantitative estimate of drug-likeness (QED) is 0.429. The van der Waals surface area contributed by atoms with Crippen LogP contribution in [0.15, 0.2) is 24.3 Å².